The molecule has 0 amide bonds. The van der Waals surface area contributed by atoms with Gasteiger partial charge in [-0.3, -0.25) is 0 Å². The Hall–Kier alpha value is -0.510. The minimum absolute atomic E-state index is 0.0952. The van der Waals surface area contributed by atoms with E-state index in [9.17, 15) is 5.11 Å². The first-order valence-corrected chi connectivity index (χ1v) is 7.59. The van der Waals surface area contributed by atoms with Gasteiger partial charge in [-0.2, -0.15) is 0 Å². The van der Waals surface area contributed by atoms with Crippen molar-refractivity contribution in [2.24, 2.45) is 5.92 Å². The highest BCUT2D eigenvalue weighted by atomic mass is 32.2. The number of benzene rings is 1. The first-order chi connectivity index (χ1) is 8.61. The van der Waals surface area contributed by atoms with E-state index >= 15 is 0 Å². The average molecular weight is 265 g/mol. The van der Waals surface area contributed by atoms with Gasteiger partial charge in [0, 0.05) is 10.6 Å². The first-order valence-electron chi connectivity index (χ1n) is 6.61. The molecule has 1 aliphatic carbocycles. The van der Waals surface area contributed by atoms with E-state index in [1.54, 1.807) is 0 Å². The number of likely N-dealkylation sites (N-methyl/N-ethyl adjacent to an activating group) is 1. The quantitative estimate of drug-likeness (QED) is 0.776. The topological polar surface area (TPSA) is 32.3 Å². The summed E-state index contributed by atoms with van der Waals surface area (Å²) in [6.07, 6.45) is 2.49. The minimum atomic E-state index is -0.0952. The monoisotopic (exact) mass is 265 g/mol. The Kier molecular flexibility index (Phi) is 4.36. The van der Waals surface area contributed by atoms with Crippen molar-refractivity contribution in [2.75, 3.05) is 19.4 Å². The van der Waals surface area contributed by atoms with Gasteiger partial charge in [-0.25, -0.2) is 0 Å². The van der Waals surface area contributed by atoms with Crippen molar-refractivity contribution in [3.05, 3.63) is 29.3 Å². The van der Waals surface area contributed by atoms with Gasteiger partial charge in [0.05, 0.1) is 12.1 Å². The van der Waals surface area contributed by atoms with Crippen LogP contribution in [-0.4, -0.2) is 30.1 Å². The number of nitrogens with one attached hydrogen (secondary N) is 1. The molecule has 2 nitrogen and oxygen atoms in total. The van der Waals surface area contributed by atoms with E-state index in [1.165, 1.54) is 28.9 Å². The number of aliphatic hydroxyl groups is 1. The predicted molar refractivity (Wildman–Crippen MR) is 78.2 cm³/mol. The molecule has 0 radical (unpaired) electrons. The molecule has 1 fully saturated rings. The maximum Gasteiger partial charge on any atom is 0.0624 e. The van der Waals surface area contributed by atoms with Crippen LogP contribution in [-0.2, 0) is 0 Å². The Bertz CT molecular complexity index is 411. The molecular formula is C15H23NOS. The lowest BCUT2D eigenvalue weighted by Crippen LogP contribution is -2.51. The third kappa shape index (κ3) is 2.90. The van der Waals surface area contributed by atoms with Gasteiger partial charge in [-0.15, -0.1) is 11.8 Å². The van der Waals surface area contributed by atoms with Crippen molar-refractivity contribution < 1.29 is 5.11 Å². The van der Waals surface area contributed by atoms with Crippen LogP contribution >= 0.6 is 11.8 Å². The molecule has 0 spiro atoms. The van der Waals surface area contributed by atoms with Crippen LogP contribution in [0.25, 0.3) is 0 Å². The number of hydrogen-bond donors (Lipinski definition) is 2. The summed E-state index contributed by atoms with van der Waals surface area (Å²) in [5.41, 5.74) is 2.54. The predicted octanol–water partition coefficient (Wildman–Crippen LogP) is 2.76. The maximum atomic E-state index is 9.70. The van der Waals surface area contributed by atoms with Crippen LogP contribution in [0, 0.1) is 19.8 Å². The highest BCUT2D eigenvalue weighted by Crippen LogP contribution is 2.42. The molecule has 1 aromatic carbocycles. The highest BCUT2D eigenvalue weighted by molar-refractivity contribution is 7.99. The van der Waals surface area contributed by atoms with E-state index in [1.807, 2.05) is 18.8 Å². The molecule has 1 unspecified atom stereocenters. The van der Waals surface area contributed by atoms with Gasteiger partial charge >= 0.3 is 0 Å². The molecule has 0 bridgehead atoms. The van der Waals surface area contributed by atoms with Crippen molar-refractivity contribution in [3.63, 3.8) is 0 Å². The summed E-state index contributed by atoms with van der Waals surface area (Å²) < 4.78 is 0. The second-order valence-electron chi connectivity index (χ2n) is 5.40. The lowest BCUT2D eigenvalue weighted by atomic mass is 9.97. The molecule has 0 saturated heterocycles. The Labute approximate surface area is 114 Å². The van der Waals surface area contributed by atoms with Crippen molar-refractivity contribution in [1.29, 1.82) is 0 Å². The molecule has 1 aliphatic rings. The van der Waals surface area contributed by atoms with Crippen LogP contribution in [0.2, 0.25) is 0 Å². The summed E-state index contributed by atoms with van der Waals surface area (Å²) in [5.74, 6) is 1.58. The molecule has 1 saturated carbocycles. The van der Waals surface area contributed by atoms with Crippen molar-refractivity contribution in [1.82, 2.24) is 5.32 Å². The van der Waals surface area contributed by atoms with E-state index in [4.69, 9.17) is 0 Å². The van der Waals surface area contributed by atoms with Gasteiger partial charge < -0.3 is 10.4 Å². The molecule has 2 N–H and O–H groups in total. The van der Waals surface area contributed by atoms with Gasteiger partial charge in [0.15, 0.2) is 0 Å². The number of thioether (sulfide) groups is 1. The van der Waals surface area contributed by atoms with Gasteiger partial charge in [0.1, 0.15) is 0 Å². The summed E-state index contributed by atoms with van der Waals surface area (Å²) >= 11 is 1.86. The fourth-order valence-corrected chi connectivity index (χ4v) is 3.79. The normalized spacial score (nSPS) is 18.7. The second kappa shape index (κ2) is 5.64. The zero-order valence-corrected chi connectivity index (χ0v) is 12.3. The fraction of sp³-hybridized carbons (Fsp3) is 0.600. The summed E-state index contributed by atoms with van der Waals surface area (Å²) in [4.78, 5) is 1.33. The second-order valence-corrected chi connectivity index (χ2v) is 6.41. The Morgan fingerprint density at radius 3 is 2.61 bits per heavy atom. The fourth-order valence-electron chi connectivity index (χ4n) is 2.45. The molecule has 0 aromatic heterocycles. The Morgan fingerprint density at radius 1 is 1.39 bits per heavy atom. The average Bonchev–Trinajstić information content (AvgIpc) is 3.18. The van der Waals surface area contributed by atoms with Crippen molar-refractivity contribution >= 4 is 11.8 Å². The maximum absolute atomic E-state index is 9.70. The molecular weight excluding hydrogens is 242 g/mol. The van der Waals surface area contributed by atoms with Gasteiger partial charge in [0.2, 0.25) is 0 Å². The third-order valence-electron chi connectivity index (χ3n) is 3.95. The van der Waals surface area contributed by atoms with Crippen LogP contribution in [0.4, 0.5) is 0 Å². The summed E-state index contributed by atoms with van der Waals surface area (Å²) in [6.45, 7) is 4.51. The molecule has 18 heavy (non-hydrogen) atoms. The largest absolute Gasteiger partial charge is 0.394 e. The van der Waals surface area contributed by atoms with E-state index in [0.717, 1.165) is 5.75 Å². The Morgan fingerprint density at radius 2 is 2.11 bits per heavy atom. The zero-order valence-electron chi connectivity index (χ0n) is 11.5. The smallest absolute Gasteiger partial charge is 0.0624 e. The standard InChI is InChI=1S/C15H23NOS/c1-11-4-7-14(12(2)8-11)18-10-15(9-17,16-3)13-5-6-13/h4,7-8,13,16-17H,5-6,9-10H2,1-3H3. The van der Waals surface area contributed by atoms with Crippen molar-refractivity contribution in [3.8, 4) is 0 Å². The van der Waals surface area contributed by atoms with Gasteiger partial charge in [0.25, 0.3) is 0 Å². The molecule has 100 valence electrons. The number of aliphatic hydroxyl groups excluding tert-OH is 1. The molecule has 0 heterocycles. The van der Waals surface area contributed by atoms with Crippen LogP contribution in [0.5, 0.6) is 0 Å². The van der Waals surface area contributed by atoms with E-state index in [-0.39, 0.29) is 12.1 Å². The van der Waals surface area contributed by atoms with Crippen molar-refractivity contribution in [2.45, 2.75) is 37.1 Å². The molecule has 1 atom stereocenters. The summed E-state index contributed by atoms with van der Waals surface area (Å²) in [5, 5.41) is 13.1. The first kappa shape index (κ1) is 13.9. The zero-order chi connectivity index (χ0) is 13.2. The van der Waals surface area contributed by atoms with Gasteiger partial charge in [-0.05, 0) is 51.3 Å². The number of aryl methyl sites for hydroxylation is 2. The molecule has 1 aromatic rings. The lowest BCUT2D eigenvalue weighted by Gasteiger charge is -2.31. The molecule has 0 aliphatic heterocycles. The van der Waals surface area contributed by atoms with Crippen LogP contribution < -0.4 is 5.32 Å². The van der Waals surface area contributed by atoms with Gasteiger partial charge in [-0.1, -0.05) is 17.7 Å². The highest BCUT2D eigenvalue weighted by Gasteiger charge is 2.43. The summed E-state index contributed by atoms with van der Waals surface area (Å²) in [6, 6.07) is 6.58. The van der Waals surface area contributed by atoms with E-state index in [2.05, 4.69) is 37.4 Å². The number of hydrogen-bond acceptors (Lipinski definition) is 3. The Balaban J connectivity index is 2.05. The van der Waals surface area contributed by atoms with Crippen LogP contribution in [0.1, 0.15) is 24.0 Å². The summed E-state index contributed by atoms with van der Waals surface area (Å²) in [7, 11) is 1.97. The van der Waals surface area contributed by atoms with E-state index < -0.39 is 0 Å². The van der Waals surface area contributed by atoms with E-state index in [0.29, 0.717) is 5.92 Å². The molecule has 3 heteroatoms. The minimum Gasteiger partial charge on any atom is -0.394 e. The third-order valence-corrected chi connectivity index (χ3v) is 5.38. The van der Waals surface area contributed by atoms with Crippen LogP contribution in [0.15, 0.2) is 23.1 Å². The SMILES string of the molecule is CNC(CO)(CSc1ccc(C)cc1C)C1CC1. The lowest BCUT2D eigenvalue weighted by molar-refractivity contribution is 0.167. The molecule has 2 rings (SSSR count). The van der Waals surface area contributed by atoms with Crippen LogP contribution in [0.3, 0.4) is 0 Å². The number of rotatable bonds is 6.